The van der Waals surface area contributed by atoms with Crippen molar-refractivity contribution in [1.29, 1.82) is 0 Å². The maximum Gasteiger partial charge on any atom is 0.119 e. The second-order valence-electron chi connectivity index (χ2n) is 6.38. The van der Waals surface area contributed by atoms with Gasteiger partial charge >= 0.3 is 0 Å². The number of hydrogen-bond acceptors (Lipinski definition) is 3. The number of benzene rings is 1. The van der Waals surface area contributed by atoms with Crippen molar-refractivity contribution in [2.24, 2.45) is 17.6 Å². The van der Waals surface area contributed by atoms with Gasteiger partial charge in [-0.3, -0.25) is 4.90 Å². The lowest BCUT2D eigenvalue weighted by Gasteiger charge is -2.32. The summed E-state index contributed by atoms with van der Waals surface area (Å²) in [4.78, 5) is 2.53. The van der Waals surface area contributed by atoms with E-state index < -0.39 is 0 Å². The minimum absolute atomic E-state index is 0.685. The van der Waals surface area contributed by atoms with Gasteiger partial charge in [-0.1, -0.05) is 12.1 Å². The zero-order valence-electron chi connectivity index (χ0n) is 12.3. The minimum atomic E-state index is 0.685. The molecule has 1 unspecified atom stereocenters. The van der Waals surface area contributed by atoms with Gasteiger partial charge in [0.05, 0.1) is 6.61 Å². The maximum atomic E-state index is 5.80. The van der Waals surface area contributed by atoms with Gasteiger partial charge in [0.2, 0.25) is 0 Å². The Balaban J connectivity index is 1.49. The number of rotatable bonds is 6. The molecule has 0 aromatic heterocycles. The molecule has 2 fully saturated rings. The number of nitrogens with two attached hydrogens (primary N) is 1. The van der Waals surface area contributed by atoms with E-state index >= 15 is 0 Å². The highest BCUT2D eigenvalue weighted by Gasteiger charge is 2.22. The molecule has 1 saturated carbocycles. The standard InChI is InChI=1S/C17H26N2O/c18-10-16-2-1-9-19(12-16)11-14-5-7-17(8-6-14)20-13-15-3-4-15/h5-8,15-16H,1-4,9-13,18H2. The van der Waals surface area contributed by atoms with Crippen molar-refractivity contribution < 1.29 is 4.74 Å². The predicted octanol–water partition coefficient (Wildman–Crippen LogP) is 2.65. The first kappa shape index (κ1) is 13.9. The molecular weight excluding hydrogens is 248 g/mol. The van der Waals surface area contributed by atoms with Crippen LogP contribution in [0.4, 0.5) is 0 Å². The van der Waals surface area contributed by atoms with Crippen LogP contribution in [-0.2, 0) is 6.54 Å². The molecule has 1 heterocycles. The number of likely N-dealkylation sites (tertiary alicyclic amines) is 1. The van der Waals surface area contributed by atoms with Crippen molar-refractivity contribution in [2.75, 3.05) is 26.2 Å². The molecule has 110 valence electrons. The van der Waals surface area contributed by atoms with E-state index in [1.54, 1.807) is 0 Å². The molecule has 0 amide bonds. The van der Waals surface area contributed by atoms with Gasteiger partial charge in [-0.2, -0.15) is 0 Å². The van der Waals surface area contributed by atoms with E-state index in [2.05, 4.69) is 29.2 Å². The van der Waals surface area contributed by atoms with Gasteiger partial charge in [0, 0.05) is 13.1 Å². The Labute approximate surface area is 122 Å². The Morgan fingerprint density at radius 2 is 1.90 bits per heavy atom. The molecule has 1 aliphatic carbocycles. The van der Waals surface area contributed by atoms with Gasteiger partial charge in [-0.25, -0.2) is 0 Å². The molecule has 1 atom stereocenters. The summed E-state index contributed by atoms with van der Waals surface area (Å²) in [6.45, 7) is 5.11. The third kappa shape index (κ3) is 3.97. The number of hydrogen-bond donors (Lipinski definition) is 1. The Bertz CT molecular complexity index is 414. The van der Waals surface area contributed by atoms with Gasteiger partial charge in [-0.05, 0) is 68.3 Å². The van der Waals surface area contributed by atoms with E-state index in [1.165, 1.54) is 37.8 Å². The summed E-state index contributed by atoms with van der Waals surface area (Å²) in [5.41, 5.74) is 7.17. The topological polar surface area (TPSA) is 38.5 Å². The lowest BCUT2D eigenvalue weighted by atomic mass is 9.98. The average Bonchev–Trinajstić information content (AvgIpc) is 3.31. The van der Waals surface area contributed by atoms with E-state index in [-0.39, 0.29) is 0 Å². The quantitative estimate of drug-likeness (QED) is 0.866. The maximum absolute atomic E-state index is 5.80. The summed E-state index contributed by atoms with van der Waals surface area (Å²) in [5.74, 6) is 2.51. The van der Waals surface area contributed by atoms with Crippen LogP contribution in [-0.4, -0.2) is 31.1 Å². The molecule has 0 radical (unpaired) electrons. The molecule has 3 heteroatoms. The Morgan fingerprint density at radius 3 is 2.60 bits per heavy atom. The van der Waals surface area contributed by atoms with E-state index in [4.69, 9.17) is 10.5 Å². The van der Waals surface area contributed by atoms with Crippen molar-refractivity contribution >= 4 is 0 Å². The lowest BCUT2D eigenvalue weighted by Crippen LogP contribution is -2.37. The zero-order chi connectivity index (χ0) is 13.8. The predicted molar refractivity (Wildman–Crippen MR) is 81.7 cm³/mol. The second-order valence-corrected chi connectivity index (χ2v) is 6.38. The van der Waals surface area contributed by atoms with Crippen LogP contribution in [0.25, 0.3) is 0 Å². The van der Waals surface area contributed by atoms with E-state index in [9.17, 15) is 0 Å². The van der Waals surface area contributed by atoms with Crippen molar-refractivity contribution in [3.63, 3.8) is 0 Å². The molecule has 3 rings (SSSR count). The van der Waals surface area contributed by atoms with Crippen LogP contribution < -0.4 is 10.5 Å². The molecular formula is C17H26N2O. The molecule has 3 nitrogen and oxygen atoms in total. The summed E-state index contributed by atoms with van der Waals surface area (Å²) in [6.07, 6.45) is 5.26. The van der Waals surface area contributed by atoms with E-state index in [1.807, 2.05) is 0 Å². The molecule has 0 spiro atoms. The minimum Gasteiger partial charge on any atom is -0.493 e. The van der Waals surface area contributed by atoms with Gasteiger partial charge in [0.15, 0.2) is 0 Å². The van der Waals surface area contributed by atoms with Crippen molar-refractivity contribution in [1.82, 2.24) is 4.90 Å². The third-order valence-corrected chi connectivity index (χ3v) is 4.45. The summed E-state index contributed by atoms with van der Waals surface area (Å²) in [5, 5.41) is 0. The van der Waals surface area contributed by atoms with Gasteiger partial charge in [0.1, 0.15) is 5.75 Å². The lowest BCUT2D eigenvalue weighted by molar-refractivity contribution is 0.171. The molecule has 0 bridgehead atoms. The Kier molecular flexibility index (Phi) is 4.58. The van der Waals surface area contributed by atoms with Gasteiger partial charge in [0.25, 0.3) is 0 Å². The van der Waals surface area contributed by atoms with Crippen LogP contribution in [0.15, 0.2) is 24.3 Å². The molecule has 1 aliphatic heterocycles. The van der Waals surface area contributed by atoms with Crippen LogP contribution >= 0.6 is 0 Å². The second kappa shape index (κ2) is 6.59. The first-order chi connectivity index (χ1) is 9.83. The fraction of sp³-hybridized carbons (Fsp3) is 0.647. The summed E-state index contributed by atoms with van der Waals surface area (Å²) >= 11 is 0. The van der Waals surface area contributed by atoms with Crippen LogP contribution in [0.5, 0.6) is 5.75 Å². The fourth-order valence-electron chi connectivity index (χ4n) is 2.94. The monoisotopic (exact) mass is 274 g/mol. The highest BCUT2D eigenvalue weighted by molar-refractivity contribution is 5.27. The summed E-state index contributed by atoms with van der Waals surface area (Å²) < 4.78 is 5.78. The van der Waals surface area contributed by atoms with Gasteiger partial charge in [-0.15, -0.1) is 0 Å². The highest BCUT2D eigenvalue weighted by atomic mass is 16.5. The largest absolute Gasteiger partial charge is 0.493 e. The molecule has 1 aromatic carbocycles. The number of ether oxygens (including phenoxy) is 1. The SMILES string of the molecule is NCC1CCCN(Cc2ccc(OCC3CC3)cc2)C1. The van der Waals surface area contributed by atoms with Gasteiger partial charge < -0.3 is 10.5 Å². The van der Waals surface area contributed by atoms with E-state index in [0.29, 0.717) is 5.92 Å². The molecule has 2 aliphatic rings. The summed E-state index contributed by atoms with van der Waals surface area (Å²) in [6, 6.07) is 8.63. The average molecular weight is 274 g/mol. The van der Waals surface area contributed by atoms with Crippen LogP contribution in [0, 0.1) is 11.8 Å². The number of piperidine rings is 1. The van der Waals surface area contributed by atoms with Crippen LogP contribution in [0.2, 0.25) is 0 Å². The molecule has 2 N–H and O–H groups in total. The van der Waals surface area contributed by atoms with Crippen LogP contribution in [0.3, 0.4) is 0 Å². The third-order valence-electron chi connectivity index (χ3n) is 4.45. The van der Waals surface area contributed by atoms with Crippen molar-refractivity contribution in [3.05, 3.63) is 29.8 Å². The Hall–Kier alpha value is -1.06. The molecule has 1 saturated heterocycles. The fourth-order valence-corrected chi connectivity index (χ4v) is 2.94. The highest BCUT2D eigenvalue weighted by Crippen LogP contribution is 2.29. The normalized spacial score (nSPS) is 23.8. The number of nitrogens with zero attached hydrogens (tertiary/aromatic N) is 1. The Morgan fingerprint density at radius 1 is 1.10 bits per heavy atom. The zero-order valence-corrected chi connectivity index (χ0v) is 12.3. The van der Waals surface area contributed by atoms with Crippen molar-refractivity contribution in [2.45, 2.75) is 32.2 Å². The first-order valence-electron chi connectivity index (χ1n) is 7.97. The molecule has 20 heavy (non-hydrogen) atoms. The van der Waals surface area contributed by atoms with Crippen LogP contribution in [0.1, 0.15) is 31.2 Å². The smallest absolute Gasteiger partial charge is 0.119 e. The summed E-state index contributed by atoms with van der Waals surface area (Å²) in [7, 11) is 0. The van der Waals surface area contributed by atoms with Crippen molar-refractivity contribution in [3.8, 4) is 5.75 Å². The first-order valence-corrected chi connectivity index (χ1v) is 7.97. The molecule has 1 aromatic rings. The van der Waals surface area contributed by atoms with E-state index in [0.717, 1.165) is 37.9 Å².